The van der Waals surface area contributed by atoms with E-state index >= 15 is 0 Å². The summed E-state index contributed by atoms with van der Waals surface area (Å²) in [6, 6.07) is 0.313. The van der Waals surface area contributed by atoms with Gasteiger partial charge in [-0.3, -0.25) is 0 Å². The Bertz CT molecular complexity index is 176. The largest absolute Gasteiger partial charge is 0.392 e. The van der Waals surface area contributed by atoms with Crippen LogP contribution < -0.4 is 5.32 Å². The molecule has 0 saturated heterocycles. The van der Waals surface area contributed by atoms with Crippen LogP contribution >= 0.6 is 0 Å². The Labute approximate surface area is 106 Å². The lowest BCUT2D eigenvalue weighted by molar-refractivity contribution is 0.110. The van der Waals surface area contributed by atoms with E-state index in [4.69, 9.17) is 4.74 Å². The lowest BCUT2D eigenvalue weighted by Crippen LogP contribution is -2.39. The van der Waals surface area contributed by atoms with E-state index in [1.807, 2.05) is 0 Å². The molecule has 3 heteroatoms. The maximum atomic E-state index is 9.93. The van der Waals surface area contributed by atoms with Crippen molar-refractivity contribution < 1.29 is 9.84 Å². The van der Waals surface area contributed by atoms with E-state index in [0.29, 0.717) is 6.04 Å². The predicted molar refractivity (Wildman–Crippen MR) is 71.2 cm³/mol. The molecule has 0 spiro atoms. The average Bonchev–Trinajstić information content (AvgIpc) is 2.53. The second kappa shape index (κ2) is 9.86. The summed E-state index contributed by atoms with van der Waals surface area (Å²) >= 11 is 0. The first-order valence-electron chi connectivity index (χ1n) is 7.33. The topological polar surface area (TPSA) is 41.5 Å². The Morgan fingerprint density at radius 1 is 1.12 bits per heavy atom. The minimum atomic E-state index is -0.140. The fourth-order valence-corrected chi connectivity index (χ4v) is 2.34. The highest BCUT2D eigenvalue weighted by Crippen LogP contribution is 2.17. The summed E-state index contributed by atoms with van der Waals surface area (Å²) in [7, 11) is 0. The molecule has 2 N–H and O–H groups in total. The van der Waals surface area contributed by atoms with Crippen LogP contribution in [0.5, 0.6) is 0 Å². The van der Waals surface area contributed by atoms with Crippen molar-refractivity contribution in [1.29, 1.82) is 0 Å². The van der Waals surface area contributed by atoms with Gasteiger partial charge in [0.1, 0.15) is 0 Å². The molecule has 0 aromatic heterocycles. The van der Waals surface area contributed by atoms with Crippen LogP contribution in [-0.2, 0) is 4.74 Å². The Balaban J connectivity index is 1.97. The van der Waals surface area contributed by atoms with Crippen molar-refractivity contribution in [1.82, 2.24) is 5.32 Å². The van der Waals surface area contributed by atoms with Gasteiger partial charge in [-0.1, -0.05) is 32.6 Å². The van der Waals surface area contributed by atoms with Gasteiger partial charge < -0.3 is 15.2 Å². The molecule has 1 aliphatic carbocycles. The summed E-state index contributed by atoms with van der Waals surface area (Å²) in [5, 5.41) is 13.4. The van der Waals surface area contributed by atoms with Crippen LogP contribution in [-0.4, -0.2) is 37.0 Å². The van der Waals surface area contributed by atoms with Crippen LogP contribution in [0.15, 0.2) is 0 Å². The van der Waals surface area contributed by atoms with Crippen molar-refractivity contribution in [3.8, 4) is 0 Å². The number of hydrogen-bond acceptors (Lipinski definition) is 3. The Hall–Kier alpha value is -0.120. The Morgan fingerprint density at radius 3 is 2.71 bits per heavy atom. The quantitative estimate of drug-likeness (QED) is 0.508. The third-order valence-corrected chi connectivity index (χ3v) is 3.49. The molecule has 0 radical (unpaired) electrons. The van der Waals surface area contributed by atoms with E-state index in [-0.39, 0.29) is 6.10 Å². The number of nitrogens with one attached hydrogen (secondary N) is 1. The molecule has 0 aromatic carbocycles. The molecule has 17 heavy (non-hydrogen) atoms. The van der Waals surface area contributed by atoms with E-state index in [9.17, 15) is 5.11 Å². The molecule has 0 heterocycles. The predicted octanol–water partition coefficient (Wildman–Crippen LogP) is 2.48. The minimum Gasteiger partial charge on any atom is -0.392 e. The summed E-state index contributed by atoms with van der Waals surface area (Å²) in [4.78, 5) is 0. The van der Waals surface area contributed by atoms with Gasteiger partial charge in [0.05, 0.1) is 6.10 Å². The monoisotopic (exact) mass is 243 g/mol. The zero-order chi connectivity index (χ0) is 12.3. The van der Waals surface area contributed by atoms with Gasteiger partial charge in [-0.25, -0.2) is 0 Å². The van der Waals surface area contributed by atoms with Crippen molar-refractivity contribution in [2.75, 3.05) is 19.8 Å². The fraction of sp³-hybridized carbons (Fsp3) is 1.00. The van der Waals surface area contributed by atoms with Crippen molar-refractivity contribution in [2.45, 2.75) is 70.4 Å². The molecule has 1 fully saturated rings. The number of rotatable bonds is 8. The van der Waals surface area contributed by atoms with Crippen molar-refractivity contribution in [3.63, 3.8) is 0 Å². The molecule has 2 atom stereocenters. The summed E-state index contributed by atoms with van der Waals surface area (Å²) in [6.45, 7) is 4.88. The molecule has 3 nitrogen and oxygen atoms in total. The normalized spacial score (nSPS) is 25.8. The van der Waals surface area contributed by atoms with Gasteiger partial charge in [0.25, 0.3) is 0 Å². The van der Waals surface area contributed by atoms with Crippen molar-refractivity contribution >= 4 is 0 Å². The van der Waals surface area contributed by atoms with Crippen LogP contribution in [0.3, 0.4) is 0 Å². The van der Waals surface area contributed by atoms with Crippen molar-refractivity contribution in [2.24, 2.45) is 0 Å². The van der Waals surface area contributed by atoms with Crippen LogP contribution in [0.1, 0.15) is 58.3 Å². The van der Waals surface area contributed by atoms with Gasteiger partial charge in [0, 0.05) is 19.3 Å². The summed E-state index contributed by atoms with van der Waals surface area (Å²) in [5.74, 6) is 0. The first-order chi connectivity index (χ1) is 8.34. The third-order valence-electron chi connectivity index (χ3n) is 3.49. The number of unbranched alkanes of at least 4 members (excludes halogenated alkanes) is 1. The van der Waals surface area contributed by atoms with Crippen LogP contribution in [0, 0.1) is 0 Å². The number of aliphatic hydroxyl groups excluding tert-OH is 1. The molecule has 1 saturated carbocycles. The summed E-state index contributed by atoms with van der Waals surface area (Å²) in [5.41, 5.74) is 0. The molecule has 0 aromatic rings. The highest BCUT2D eigenvalue weighted by Gasteiger charge is 2.20. The fourth-order valence-electron chi connectivity index (χ4n) is 2.34. The highest BCUT2D eigenvalue weighted by atomic mass is 16.5. The molecule has 0 bridgehead atoms. The van der Waals surface area contributed by atoms with E-state index in [0.717, 1.165) is 45.4 Å². The lowest BCUT2D eigenvalue weighted by atomic mass is 10.1. The molecular formula is C14H29NO2. The molecule has 1 rings (SSSR count). The van der Waals surface area contributed by atoms with E-state index in [1.165, 1.54) is 25.7 Å². The molecular weight excluding hydrogens is 214 g/mol. The van der Waals surface area contributed by atoms with Gasteiger partial charge >= 0.3 is 0 Å². The van der Waals surface area contributed by atoms with Gasteiger partial charge in [-0.2, -0.15) is 0 Å². The molecule has 2 unspecified atom stereocenters. The zero-order valence-electron chi connectivity index (χ0n) is 11.3. The zero-order valence-corrected chi connectivity index (χ0v) is 11.3. The molecule has 0 amide bonds. The molecule has 102 valence electrons. The minimum absolute atomic E-state index is 0.140. The van der Waals surface area contributed by atoms with E-state index in [1.54, 1.807) is 0 Å². The second-order valence-electron chi connectivity index (χ2n) is 5.09. The summed E-state index contributed by atoms with van der Waals surface area (Å²) in [6.07, 6.45) is 9.06. The molecule has 1 aliphatic rings. The Morgan fingerprint density at radius 2 is 1.88 bits per heavy atom. The number of hydrogen-bond donors (Lipinski definition) is 2. The van der Waals surface area contributed by atoms with Crippen LogP contribution in [0.4, 0.5) is 0 Å². The SMILES string of the molecule is CCCCOCCCNC1CCCCCC1O. The van der Waals surface area contributed by atoms with Crippen LogP contribution in [0.2, 0.25) is 0 Å². The second-order valence-corrected chi connectivity index (χ2v) is 5.09. The smallest absolute Gasteiger partial charge is 0.0693 e. The lowest BCUT2D eigenvalue weighted by Gasteiger charge is -2.21. The number of aliphatic hydroxyl groups is 1. The van der Waals surface area contributed by atoms with Gasteiger partial charge in [-0.05, 0) is 32.2 Å². The maximum Gasteiger partial charge on any atom is 0.0693 e. The van der Waals surface area contributed by atoms with E-state index < -0.39 is 0 Å². The van der Waals surface area contributed by atoms with Gasteiger partial charge in [-0.15, -0.1) is 0 Å². The highest BCUT2D eigenvalue weighted by molar-refractivity contribution is 4.78. The Kier molecular flexibility index (Phi) is 8.67. The first-order valence-corrected chi connectivity index (χ1v) is 7.33. The summed E-state index contributed by atoms with van der Waals surface area (Å²) < 4.78 is 5.51. The number of ether oxygens (including phenoxy) is 1. The first kappa shape index (κ1) is 14.9. The van der Waals surface area contributed by atoms with Gasteiger partial charge in [0.15, 0.2) is 0 Å². The van der Waals surface area contributed by atoms with Crippen molar-refractivity contribution in [3.05, 3.63) is 0 Å². The third kappa shape index (κ3) is 7.02. The average molecular weight is 243 g/mol. The standard InChI is InChI=1S/C14H29NO2/c1-2-3-11-17-12-7-10-15-13-8-5-4-6-9-14(13)16/h13-16H,2-12H2,1H3. The molecule has 0 aliphatic heterocycles. The maximum absolute atomic E-state index is 9.93. The van der Waals surface area contributed by atoms with Gasteiger partial charge in [0.2, 0.25) is 0 Å². The van der Waals surface area contributed by atoms with Crippen LogP contribution in [0.25, 0.3) is 0 Å². The van der Waals surface area contributed by atoms with E-state index in [2.05, 4.69) is 12.2 Å².